The van der Waals surface area contributed by atoms with Crippen LogP contribution in [0.2, 0.25) is 0 Å². The van der Waals surface area contributed by atoms with Crippen molar-refractivity contribution in [3.05, 3.63) is 35.4 Å². The van der Waals surface area contributed by atoms with Crippen molar-refractivity contribution in [3.63, 3.8) is 0 Å². The highest BCUT2D eigenvalue weighted by Gasteiger charge is 2.20. The highest BCUT2D eigenvalue weighted by atomic mass is 16.5. The second-order valence-electron chi connectivity index (χ2n) is 3.82. The molecular formula is C12H14O2. The lowest BCUT2D eigenvalue weighted by molar-refractivity contribution is 0.110. The Kier molecular flexibility index (Phi) is 2.94. The van der Waals surface area contributed by atoms with Crippen molar-refractivity contribution >= 4 is 6.29 Å². The number of rotatable bonds is 5. The van der Waals surface area contributed by atoms with Crippen LogP contribution in [0.5, 0.6) is 0 Å². The molecular weight excluding hydrogens is 176 g/mol. The molecule has 1 aliphatic carbocycles. The molecule has 0 heterocycles. The van der Waals surface area contributed by atoms with Gasteiger partial charge in [0, 0.05) is 12.2 Å². The summed E-state index contributed by atoms with van der Waals surface area (Å²) in [6.45, 7) is 1.49. The normalized spacial score (nSPS) is 15.4. The molecule has 0 aliphatic heterocycles. The summed E-state index contributed by atoms with van der Waals surface area (Å²) in [5.74, 6) is 0.796. The van der Waals surface area contributed by atoms with Gasteiger partial charge in [0.2, 0.25) is 0 Å². The van der Waals surface area contributed by atoms with Crippen molar-refractivity contribution in [2.75, 3.05) is 6.61 Å². The van der Waals surface area contributed by atoms with Crippen molar-refractivity contribution < 1.29 is 9.53 Å². The zero-order valence-electron chi connectivity index (χ0n) is 8.11. The number of hydrogen-bond donors (Lipinski definition) is 0. The number of carbonyl (C=O) groups is 1. The summed E-state index contributed by atoms with van der Waals surface area (Å²) >= 11 is 0. The van der Waals surface area contributed by atoms with Gasteiger partial charge in [0.15, 0.2) is 0 Å². The fourth-order valence-corrected chi connectivity index (χ4v) is 1.38. The third-order valence-electron chi connectivity index (χ3n) is 2.41. The molecule has 0 amide bonds. The van der Waals surface area contributed by atoms with E-state index in [9.17, 15) is 4.79 Å². The van der Waals surface area contributed by atoms with Crippen molar-refractivity contribution in [2.24, 2.45) is 5.92 Å². The molecule has 0 saturated heterocycles. The molecule has 1 aromatic carbocycles. The highest BCUT2D eigenvalue weighted by molar-refractivity contribution is 5.74. The largest absolute Gasteiger partial charge is 0.376 e. The van der Waals surface area contributed by atoms with Gasteiger partial charge in [-0.1, -0.05) is 18.2 Å². The van der Waals surface area contributed by atoms with Crippen LogP contribution in [0.15, 0.2) is 24.3 Å². The molecule has 0 atom stereocenters. The van der Waals surface area contributed by atoms with Crippen LogP contribution in [0, 0.1) is 5.92 Å². The van der Waals surface area contributed by atoms with E-state index in [1.165, 1.54) is 12.8 Å². The van der Waals surface area contributed by atoms with Gasteiger partial charge in [0.25, 0.3) is 0 Å². The molecule has 2 heteroatoms. The molecule has 0 spiro atoms. The molecule has 1 fully saturated rings. The first-order valence-corrected chi connectivity index (χ1v) is 5.00. The van der Waals surface area contributed by atoms with Crippen molar-refractivity contribution in [1.29, 1.82) is 0 Å². The van der Waals surface area contributed by atoms with E-state index in [-0.39, 0.29) is 0 Å². The SMILES string of the molecule is O=Cc1cccc(COCC2CC2)c1. The summed E-state index contributed by atoms with van der Waals surface area (Å²) in [5, 5.41) is 0. The zero-order chi connectivity index (χ0) is 9.80. The Morgan fingerprint density at radius 3 is 3.00 bits per heavy atom. The maximum absolute atomic E-state index is 10.5. The van der Waals surface area contributed by atoms with E-state index >= 15 is 0 Å². The number of hydrogen-bond acceptors (Lipinski definition) is 2. The third kappa shape index (κ3) is 2.67. The molecule has 1 saturated carbocycles. The van der Waals surface area contributed by atoms with E-state index in [2.05, 4.69) is 0 Å². The van der Waals surface area contributed by atoms with Crippen molar-refractivity contribution in [1.82, 2.24) is 0 Å². The molecule has 2 nitrogen and oxygen atoms in total. The Bertz CT molecular complexity index is 316. The highest BCUT2D eigenvalue weighted by Crippen LogP contribution is 2.29. The van der Waals surface area contributed by atoms with Crippen LogP contribution in [-0.2, 0) is 11.3 Å². The average Bonchev–Trinajstić information content (AvgIpc) is 3.02. The van der Waals surface area contributed by atoms with Gasteiger partial charge in [-0.2, -0.15) is 0 Å². The van der Waals surface area contributed by atoms with Crippen LogP contribution in [0.25, 0.3) is 0 Å². The summed E-state index contributed by atoms with van der Waals surface area (Å²) in [6.07, 6.45) is 3.49. The maximum Gasteiger partial charge on any atom is 0.150 e. The summed E-state index contributed by atoms with van der Waals surface area (Å²) < 4.78 is 5.53. The summed E-state index contributed by atoms with van der Waals surface area (Å²) in [6, 6.07) is 7.55. The quantitative estimate of drug-likeness (QED) is 0.666. The Morgan fingerprint density at radius 1 is 1.43 bits per heavy atom. The van der Waals surface area contributed by atoms with Gasteiger partial charge in [-0.3, -0.25) is 4.79 Å². The number of ether oxygens (including phenoxy) is 1. The van der Waals surface area contributed by atoms with Crippen molar-refractivity contribution in [2.45, 2.75) is 19.4 Å². The number of carbonyl (C=O) groups excluding carboxylic acids is 1. The van der Waals surface area contributed by atoms with E-state index in [4.69, 9.17) is 4.74 Å². The third-order valence-corrected chi connectivity index (χ3v) is 2.41. The second-order valence-corrected chi connectivity index (χ2v) is 3.82. The van der Waals surface area contributed by atoms with Gasteiger partial charge < -0.3 is 4.74 Å². The number of aldehydes is 1. The van der Waals surface area contributed by atoms with E-state index in [1.54, 1.807) is 6.07 Å². The molecule has 0 aromatic heterocycles. The first kappa shape index (κ1) is 9.41. The van der Waals surface area contributed by atoms with Crippen LogP contribution in [-0.4, -0.2) is 12.9 Å². The molecule has 0 radical (unpaired) electrons. The van der Waals surface area contributed by atoms with Crippen LogP contribution in [0.1, 0.15) is 28.8 Å². The smallest absolute Gasteiger partial charge is 0.150 e. The van der Waals surface area contributed by atoms with Crippen LogP contribution in [0.3, 0.4) is 0 Å². The summed E-state index contributed by atoms with van der Waals surface area (Å²) in [5.41, 5.74) is 1.80. The Balaban J connectivity index is 1.84. The second kappa shape index (κ2) is 4.38. The lowest BCUT2D eigenvalue weighted by Gasteiger charge is -2.03. The van der Waals surface area contributed by atoms with E-state index in [0.717, 1.165) is 29.9 Å². The molecule has 1 aromatic rings. The van der Waals surface area contributed by atoms with Gasteiger partial charge in [0.1, 0.15) is 6.29 Å². The van der Waals surface area contributed by atoms with Gasteiger partial charge in [0.05, 0.1) is 6.61 Å². The minimum Gasteiger partial charge on any atom is -0.376 e. The fourth-order valence-electron chi connectivity index (χ4n) is 1.38. The minimum atomic E-state index is 0.623. The van der Waals surface area contributed by atoms with Gasteiger partial charge in [-0.05, 0) is 30.4 Å². The van der Waals surface area contributed by atoms with Gasteiger partial charge in [-0.25, -0.2) is 0 Å². The first-order chi connectivity index (χ1) is 6.88. The predicted octanol–water partition coefficient (Wildman–Crippen LogP) is 2.43. The fraction of sp³-hybridized carbons (Fsp3) is 0.417. The average molecular weight is 190 g/mol. The van der Waals surface area contributed by atoms with Crippen LogP contribution >= 0.6 is 0 Å². The lowest BCUT2D eigenvalue weighted by atomic mass is 10.1. The molecule has 0 N–H and O–H groups in total. The Labute approximate surface area is 83.9 Å². The lowest BCUT2D eigenvalue weighted by Crippen LogP contribution is -1.97. The van der Waals surface area contributed by atoms with E-state index < -0.39 is 0 Å². The zero-order valence-corrected chi connectivity index (χ0v) is 8.11. The van der Waals surface area contributed by atoms with Gasteiger partial charge in [-0.15, -0.1) is 0 Å². The monoisotopic (exact) mass is 190 g/mol. The predicted molar refractivity (Wildman–Crippen MR) is 54.2 cm³/mol. The Hall–Kier alpha value is -1.15. The standard InChI is InChI=1S/C12H14O2/c13-7-11-2-1-3-12(6-11)9-14-8-10-4-5-10/h1-3,6-7,10H,4-5,8-9H2. The van der Waals surface area contributed by atoms with E-state index in [0.29, 0.717) is 6.61 Å². The molecule has 2 rings (SSSR count). The Morgan fingerprint density at radius 2 is 2.29 bits per heavy atom. The minimum absolute atomic E-state index is 0.623. The van der Waals surface area contributed by atoms with Crippen molar-refractivity contribution in [3.8, 4) is 0 Å². The summed E-state index contributed by atoms with van der Waals surface area (Å²) in [4.78, 5) is 10.5. The van der Waals surface area contributed by atoms with Crippen LogP contribution < -0.4 is 0 Å². The molecule has 0 bridgehead atoms. The number of benzene rings is 1. The molecule has 14 heavy (non-hydrogen) atoms. The molecule has 0 unspecified atom stereocenters. The maximum atomic E-state index is 10.5. The van der Waals surface area contributed by atoms with Crippen LogP contribution in [0.4, 0.5) is 0 Å². The first-order valence-electron chi connectivity index (χ1n) is 5.00. The van der Waals surface area contributed by atoms with Gasteiger partial charge >= 0.3 is 0 Å². The van der Waals surface area contributed by atoms with E-state index in [1.807, 2.05) is 18.2 Å². The molecule has 74 valence electrons. The molecule has 1 aliphatic rings. The topological polar surface area (TPSA) is 26.3 Å². The summed E-state index contributed by atoms with van der Waals surface area (Å²) in [7, 11) is 0.